The first-order chi connectivity index (χ1) is 14.0. The number of ether oxygens (including phenoxy) is 1. The molecule has 1 saturated carbocycles. The van der Waals surface area contributed by atoms with Gasteiger partial charge in [-0.05, 0) is 68.1 Å². The first kappa shape index (κ1) is 24.9. The Labute approximate surface area is 198 Å². The molecule has 1 atom stereocenters. The van der Waals surface area contributed by atoms with Crippen molar-refractivity contribution < 1.29 is 9.53 Å². The Hall–Kier alpha value is -1.35. The maximum Gasteiger partial charge on any atom is 0.253 e. The molecule has 0 radical (unpaired) electrons. The number of aliphatic imine (C=N–C) groups is 1. The minimum atomic E-state index is -0.314. The Bertz CT molecular complexity index is 696. The third-order valence-electron chi connectivity index (χ3n) is 6.16. The average Bonchev–Trinajstić information content (AvgIpc) is 3.27. The number of anilines is 1. The zero-order chi connectivity index (χ0) is 20.6. The average molecular weight is 528 g/mol. The maximum atomic E-state index is 12.2. The second-order valence-corrected chi connectivity index (χ2v) is 8.62. The second-order valence-electron chi connectivity index (χ2n) is 8.62. The Balaban J connectivity index is 0.00000320. The van der Waals surface area contributed by atoms with Crippen LogP contribution in [-0.2, 0) is 16.1 Å². The van der Waals surface area contributed by atoms with Crippen LogP contribution in [-0.4, -0.2) is 37.7 Å². The molecule has 2 aliphatic rings. The Morgan fingerprint density at radius 1 is 1.20 bits per heavy atom. The lowest BCUT2D eigenvalue weighted by atomic mass is 9.80. The molecule has 3 N–H and O–H groups in total. The van der Waals surface area contributed by atoms with Crippen molar-refractivity contribution in [3.8, 4) is 0 Å². The highest BCUT2D eigenvalue weighted by molar-refractivity contribution is 14.0. The van der Waals surface area contributed by atoms with Gasteiger partial charge >= 0.3 is 0 Å². The fourth-order valence-corrected chi connectivity index (χ4v) is 4.27. The molecule has 1 saturated heterocycles. The van der Waals surface area contributed by atoms with Crippen molar-refractivity contribution in [1.29, 1.82) is 0 Å². The van der Waals surface area contributed by atoms with Gasteiger partial charge in [-0.2, -0.15) is 0 Å². The minimum Gasteiger partial charge on any atom is -0.368 e. The number of amides is 1. The van der Waals surface area contributed by atoms with Crippen LogP contribution in [0.3, 0.4) is 0 Å². The van der Waals surface area contributed by atoms with Crippen LogP contribution in [0.25, 0.3) is 0 Å². The summed E-state index contributed by atoms with van der Waals surface area (Å²) >= 11 is 0. The molecule has 1 amide bonds. The van der Waals surface area contributed by atoms with Crippen LogP contribution >= 0.6 is 24.0 Å². The molecule has 168 valence electrons. The number of benzene rings is 1. The summed E-state index contributed by atoms with van der Waals surface area (Å²) in [4.78, 5) is 16.6. The van der Waals surface area contributed by atoms with Crippen LogP contribution < -0.4 is 16.0 Å². The normalized spacial score (nSPS) is 24.3. The third kappa shape index (κ3) is 7.41. The van der Waals surface area contributed by atoms with Crippen molar-refractivity contribution >= 4 is 41.5 Å². The van der Waals surface area contributed by atoms with Crippen molar-refractivity contribution in [2.75, 3.05) is 19.0 Å². The van der Waals surface area contributed by atoms with Crippen molar-refractivity contribution in [2.24, 2.45) is 16.8 Å². The summed E-state index contributed by atoms with van der Waals surface area (Å²) in [5, 5.41) is 9.94. The molecule has 3 rings (SSSR count). The smallest absolute Gasteiger partial charge is 0.253 e. The quantitative estimate of drug-likeness (QED) is 0.293. The van der Waals surface area contributed by atoms with Gasteiger partial charge in [0.2, 0.25) is 0 Å². The van der Waals surface area contributed by atoms with Gasteiger partial charge in [-0.15, -0.1) is 24.0 Å². The van der Waals surface area contributed by atoms with Crippen LogP contribution in [0.2, 0.25) is 0 Å². The van der Waals surface area contributed by atoms with E-state index in [4.69, 9.17) is 4.74 Å². The Morgan fingerprint density at radius 3 is 2.60 bits per heavy atom. The first-order valence-electron chi connectivity index (χ1n) is 11.0. The number of carbonyl (C=O) groups excluding carboxylic acids is 1. The number of hydrogen-bond acceptors (Lipinski definition) is 3. The van der Waals surface area contributed by atoms with E-state index in [1.165, 1.54) is 25.7 Å². The van der Waals surface area contributed by atoms with Crippen LogP contribution in [0, 0.1) is 11.8 Å². The highest BCUT2D eigenvalue weighted by Crippen LogP contribution is 2.29. The number of nitrogens with one attached hydrogen (secondary N) is 3. The number of rotatable bonds is 6. The van der Waals surface area contributed by atoms with Crippen LogP contribution in [0.4, 0.5) is 5.69 Å². The third-order valence-corrected chi connectivity index (χ3v) is 6.16. The van der Waals surface area contributed by atoms with Crippen molar-refractivity contribution in [1.82, 2.24) is 10.6 Å². The van der Waals surface area contributed by atoms with E-state index in [-0.39, 0.29) is 36.0 Å². The van der Waals surface area contributed by atoms with Crippen LogP contribution in [0.15, 0.2) is 29.3 Å². The van der Waals surface area contributed by atoms with Crippen molar-refractivity contribution in [3.05, 3.63) is 29.8 Å². The van der Waals surface area contributed by atoms with E-state index in [1.807, 2.05) is 25.2 Å². The van der Waals surface area contributed by atoms with Gasteiger partial charge in [0.05, 0.1) is 0 Å². The molecule has 0 spiro atoms. The monoisotopic (exact) mass is 528 g/mol. The van der Waals surface area contributed by atoms with E-state index < -0.39 is 0 Å². The van der Waals surface area contributed by atoms with Gasteiger partial charge in [-0.1, -0.05) is 26.0 Å². The summed E-state index contributed by atoms with van der Waals surface area (Å²) in [6.45, 7) is 5.99. The minimum absolute atomic E-state index is 0. The summed E-state index contributed by atoms with van der Waals surface area (Å²) in [6, 6.07) is 8.42. The van der Waals surface area contributed by atoms with Gasteiger partial charge in [0.15, 0.2) is 5.96 Å². The summed E-state index contributed by atoms with van der Waals surface area (Å²) in [5.74, 6) is 2.42. The lowest BCUT2D eigenvalue weighted by Crippen LogP contribution is -2.44. The molecule has 1 aliphatic carbocycles. The summed E-state index contributed by atoms with van der Waals surface area (Å²) in [5.41, 5.74) is 1.90. The zero-order valence-electron chi connectivity index (χ0n) is 18.4. The van der Waals surface area contributed by atoms with E-state index >= 15 is 0 Å². The van der Waals surface area contributed by atoms with E-state index in [2.05, 4.69) is 40.9 Å². The fourth-order valence-electron chi connectivity index (χ4n) is 4.27. The molecular weight excluding hydrogens is 491 g/mol. The lowest BCUT2D eigenvalue weighted by molar-refractivity contribution is -0.124. The zero-order valence-corrected chi connectivity index (χ0v) is 20.8. The van der Waals surface area contributed by atoms with E-state index in [1.54, 1.807) is 0 Å². The maximum absolute atomic E-state index is 12.2. The molecular formula is C23H37IN4O2. The molecule has 1 aromatic rings. The molecule has 30 heavy (non-hydrogen) atoms. The van der Waals surface area contributed by atoms with Gasteiger partial charge in [0.1, 0.15) is 6.10 Å². The molecule has 1 unspecified atom stereocenters. The second kappa shape index (κ2) is 12.5. The Kier molecular flexibility index (Phi) is 10.4. The van der Waals surface area contributed by atoms with Crippen LogP contribution in [0.1, 0.15) is 57.9 Å². The van der Waals surface area contributed by atoms with Gasteiger partial charge < -0.3 is 20.7 Å². The summed E-state index contributed by atoms with van der Waals surface area (Å²) in [7, 11) is 1.81. The molecule has 7 heteroatoms. The van der Waals surface area contributed by atoms with Gasteiger partial charge in [-0.3, -0.25) is 9.79 Å². The topological polar surface area (TPSA) is 74.8 Å². The SMILES string of the molecule is CN=C(NCc1cccc(NC(=O)C2CCCO2)c1)NC1CCC(C(C)C)CC1.I. The number of guanidine groups is 1. The molecule has 0 bridgehead atoms. The first-order valence-corrected chi connectivity index (χ1v) is 11.0. The fraction of sp³-hybridized carbons (Fsp3) is 0.652. The van der Waals surface area contributed by atoms with Gasteiger partial charge in [-0.25, -0.2) is 0 Å². The molecule has 6 nitrogen and oxygen atoms in total. The number of carbonyl (C=O) groups is 1. The largest absolute Gasteiger partial charge is 0.368 e. The van der Waals surface area contributed by atoms with Gasteiger partial charge in [0, 0.05) is 31.9 Å². The molecule has 2 fully saturated rings. The standard InChI is InChI=1S/C23H36N4O2.HI/c1-16(2)18-9-11-19(12-10-18)27-23(24-3)25-15-17-6-4-7-20(14-17)26-22(28)21-8-5-13-29-21;/h4,6-7,14,16,18-19,21H,5,8-13,15H2,1-3H3,(H,26,28)(H2,24,25,27);1H. The number of nitrogens with zero attached hydrogens (tertiary/aromatic N) is 1. The van der Waals surface area contributed by atoms with E-state index in [0.29, 0.717) is 19.2 Å². The molecule has 1 heterocycles. The number of hydrogen-bond donors (Lipinski definition) is 3. The molecule has 0 aromatic heterocycles. The summed E-state index contributed by atoms with van der Waals surface area (Å²) < 4.78 is 5.45. The number of halogens is 1. The highest BCUT2D eigenvalue weighted by atomic mass is 127. The molecule has 1 aromatic carbocycles. The van der Waals surface area contributed by atoms with Gasteiger partial charge in [0.25, 0.3) is 5.91 Å². The molecule has 1 aliphatic heterocycles. The predicted molar refractivity (Wildman–Crippen MR) is 133 cm³/mol. The van der Waals surface area contributed by atoms with E-state index in [0.717, 1.165) is 41.9 Å². The van der Waals surface area contributed by atoms with E-state index in [9.17, 15) is 4.79 Å². The predicted octanol–water partition coefficient (Wildman–Crippen LogP) is 4.30. The van der Waals surface area contributed by atoms with Crippen molar-refractivity contribution in [2.45, 2.75) is 71.1 Å². The Morgan fingerprint density at radius 2 is 1.97 bits per heavy atom. The lowest BCUT2D eigenvalue weighted by Gasteiger charge is -2.32. The van der Waals surface area contributed by atoms with Crippen LogP contribution in [0.5, 0.6) is 0 Å². The summed E-state index contributed by atoms with van der Waals surface area (Å²) in [6.07, 6.45) is 6.42. The van der Waals surface area contributed by atoms with Crippen molar-refractivity contribution in [3.63, 3.8) is 0 Å². The highest BCUT2D eigenvalue weighted by Gasteiger charge is 2.24.